The van der Waals surface area contributed by atoms with E-state index in [2.05, 4.69) is 24.5 Å². The zero-order chi connectivity index (χ0) is 10.0. The number of ether oxygens (including phenoxy) is 1. The molecule has 2 heterocycles. The topological polar surface area (TPSA) is 33.3 Å². The average Bonchev–Trinajstić information content (AvgIpc) is 2.61. The molecule has 0 aromatic carbocycles. The number of halogens is 1. The largest absolute Gasteiger partial charge is 0.363 e. The molecule has 0 bridgehead atoms. The second-order valence-electron chi connectivity index (χ2n) is 5.44. The fourth-order valence-electron chi connectivity index (χ4n) is 2.20. The SMILES string of the molecule is CC1(C)CNC(CC2CCNC2)OC1.Cl. The second-order valence-corrected chi connectivity index (χ2v) is 5.44. The molecule has 15 heavy (non-hydrogen) atoms. The number of hydrogen-bond acceptors (Lipinski definition) is 3. The zero-order valence-electron chi connectivity index (χ0n) is 9.71. The maximum absolute atomic E-state index is 5.82. The van der Waals surface area contributed by atoms with Gasteiger partial charge in [-0.3, -0.25) is 5.32 Å². The van der Waals surface area contributed by atoms with Crippen LogP contribution < -0.4 is 10.6 Å². The predicted octanol–water partition coefficient (Wildman–Crippen LogP) is 1.38. The Bertz CT molecular complexity index is 183. The molecule has 2 saturated heterocycles. The fourth-order valence-corrected chi connectivity index (χ4v) is 2.20. The summed E-state index contributed by atoms with van der Waals surface area (Å²) in [4.78, 5) is 0. The van der Waals surface area contributed by atoms with Crippen molar-refractivity contribution in [3.8, 4) is 0 Å². The van der Waals surface area contributed by atoms with Gasteiger partial charge in [-0.2, -0.15) is 0 Å². The van der Waals surface area contributed by atoms with Gasteiger partial charge in [0.2, 0.25) is 0 Å². The average molecular weight is 235 g/mol. The Morgan fingerprint density at radius 3 is 2.73 bits per heavy atom. The summed E-state index contributed by atoms with van der Waals surface area (Å²) in [6, 6.07) is 0. The van der Waals surface area contributed by atoms with Crippen LogP contribution in [0.5, 0.6) is 0 Å². The first-order valence-electron chi connectivity index (χ1n) is 5.71. The number of hydrogen-bond donors (Lipinski definition) is 2. The van der Waals surface area contributed by atoms with E-state index < -0.39 is 0 Å². The van der Waals surface area contributed by atoms with E-state index in [4.69, 9.17) is 4.74 Å². The summed E-state index contributed by atoms with van der Waals surface area (Å²) in [7, 11) is 0. The van der Waals surface area contributed by atoms with Gasteiger partial charge in [0.1, 0.15) is 6.23 Å². The molecule has 3 nitrogen and oxygen atoms in total. The van der Waals surface area contributed by atoms with Gasteiger partial charge in [-0.1, -0.05) is 13.8 Å². The molecule has 2 atom stereocenters. The van der Waals surface area contributed by atoms with Crippen LogP contribution in [0.1, 0.15) is 26.7 Å². The lowest BCUT2D eigenvalue weighted by Gasteiger charge is -2.36. The van der Waals surface area contributed by atoms with Crippen molar-refractivity contribution < 1.29 is 4.74 Å². The van der Waals surface area contributed by atoms with Crippen LogP contribution in [0.25, 0.3) is 0 Å². The summed E-state index contributed by atoms with van der Waals surface area (Å²) in [6.07, 6.45) is 2.78. The Morgan fingerprint density at radius 2 is 2.20 bits per heavy atom. The lowest BCUT2D eigenvalue weighted by molar-refractivity contribution is -0.0663. The monoisotopic (exact) mass is 234 g/mol. The third-order valence-corrected chi connectivity index (χ3v) is 3.19. The lowest BCUT2D eigenvalue weighted by Crippen LogP contribution is -2.48. The molecular weight excluding hydrogens is 212 g/mol. The molecule has 0 aliphatic carbocycles. The highest BCUT2D eigenvalue weighted by atomic mass is 35.5. The Balaban J connectivity index is 0.00000112. The van der Waals surface area contributed by atoms with Gasteiger partial charge in [0.15, 0.2) is 0 Å². The highest BCUT2D eigenvalue weighted by Crippen LogP contribution is 2.23. The summed E-state index contributed by atoms with van der Waals surface area (Å²) >= 11 is 0. The van der Waals surface area contributed by atoms with Gasteiger partial charge >= 0.3 is 0 Å². The third kappa shape index (κ3) is 3.91. The maximum atomic E-state index is 5.82. The maximum Gasteiger partial charge on any atom is 0.108 e. The minimum absolute atomic E-state index is 0. The third-order valence-electron chi connectivity index (χ3n) is 3.19. The fraction of sp³-hybridized carbons (Fsp3) is 1.00. The van der Waals surface area contributed by atoms with Crippen LogP contribution in [-0.2, 0) is 4.74 Å². The van der Waals surface area contributed by atoms with Gasteiger partial charge in [0.05, 0.1) is 6.61 Å². The normalized spacial score (nSPS) is 34.8. The van der Waals surface area contributed by atoms with Crippen molar-refractivity contribution >= 4 is 12.4 Å². The molecule has 2 aliphatic rings. The molecule has 2 N–H and O–H groups in total. The van der Waals surface area contributed by atoms with Crippen LogP contribution in [0.15, 0.2) is 0 Å². The Labute approximate surface area is 98.7 Å². The molecule has 0 aromatic rings. The van der Waals surface area contributed by atoms with Crippen LogP contribution in [0, 0.1) is 11.3 Å². The molecule has 0 spiro atoms. The molecule has 0 saturated carbocycles. The van der Waals surface area contributed by atoms with Crippen molar-refractivity contribution in [1.82, 2.24) is 10.6 Å². The smallest absolute Gasteiger partial charge is 0.108 e. The first kappa shape index (κ1) is 13.2. The van der Waals surface area contributed by atoms with Gasteiger partial charge in [0, 0.05) is 12.0 Å². The van der Waals surface area contributed by atoms with Gasteiger partial charge in [-0.25, -0.2) is 0 Å². The molecule has 0 aromatic heterocycles. The second kappa shape index (κ2) is 5.48. The zero-order valence-corrected chi connectivity index (χ0v) is 10.5. The van der Waals surface area contributed by atoms with Crippen molar-refractivity contribution in [2.45, 2.75) is 32.9 Å². The van der Waals surface area contributed by atoms with Crippen molar-refractivity contribution in [1.29, 1.82) is 0 Å². The first-order chi connectivity index (χ1) is 6.66. The molecule has 2 unspecified atom stereocenters. The minimum atomic E-state index is 0. The number of rotatable bonds is 2. The Morgan fingerprint density at radius 1 is 1.40 bits per heavy atom. The molecule has 2 fully saturated rings. The summed E-state index contributed by atoms with van der Waals surface area (Å²) in [5.74, 6) is 0.814. The van der Waals surface area contributed by atoms with Crippen LogP contribution in [0.4, 0.5) is 0 Å². The van der Waals surface area contributed by atoms with E-state index in [1.54, 1.807) is 0 Å². The van der Waals surface area contributed by atoms with E-state index in [0.717, 1.165) is 19.1 Å². The van der Waals surface area contributed by atoms with E-state index in [1.165, 1.54) is 25.9 Å². The molecule has 2 rings (SSSR count). The molecular formula is C11H23ClN2O. The van der Waals surface area contributed by atoms with Crippen molar-refractivity contribution in [2.75, 3.05) is 26.2 Å². The van der Waals surface area contributed by atoms with Gasteiger partial charge in [-0.05, 0) is 31.8 Å². The highest BCUT2D eigenvalue weighted by molar-refractivity contribution is 5.85. The van der Waals surface area contributed by atoms with Crippen molar-refractivity contribution in [3.63, 3.8) is 0 Å². The lowest BCUT2D eigenvalue weighted by atomic mass is 9.92. The number of nitrogens with one attached hydrogen (secondary N) is 2. The van der Waals surface area contributed by atoms with Crippen LogP contribution in [-0.4, -0.2) is 32.5 Å². The van der Waals surface area contributed by atoms with E-state index in [1.807, 2.05) is 0 Å². The molecule has 0 amide bonds. The standard InChI is InChI=1S/C11H22N2O.ClH/c1-11(2)7-13-10(14-8-11)5-9-3-4-12-6-9;/h9-10,12-13H,3-8H2,1-2H3;1H. The van der Waals surface area contributed by atoms with Crippen LogP contribution in [0.2, 0.25) is 0 Å². The molecule has 2 aliphatic heterocycles. The Hall–Kier alpha value is 0.170. The van der Waals surface area contributed by atoms with E-state index in [-0.39, 0.29) is 12.4 Å². The minimum Gasteiger partial charge on any atom is -0.363 e. The summed E-state index contributed by atoms with van der Waals surface area (Å²) in [6.45, 7) is 8.82. The first-order valence-corrected chi connectivity index (χ1v) is 5.71. The van der Waals surface area contributed by atoms with Crippen LogP contribution in [0.3, 0.4) is 0 Å². The van der Waals surface area contributed by atoms with Gasteiger partial charge in [-0.15, -0.1) is 12.4 Å². The predicted molar refractivity (Wildman–Crippen MR) is 64.4 cm³/mol. The quantitative estimate of drug-likeness (QED) is 0.758. The molecule has 90 valence electrons. The van der Waals surface area contributed by atoms with E-state index in [0.29, 0.717) is 11.6 Å². The van der Waals surface area contributed by atoms with Crippen molar-refractivity contribution in [2.24, 2.45) is 11.3 Å². The molecule has 0 radical (unpaired) electrons. The van der Waals surface area contributed by atoms with Gasteiger partial charge < -0.3 is 10.1 Å². The highest BCUT2D eigenvalue weighted by Gasteiger charge is 2.29. The van der Waals surface area contributed by atoms with Gasteiger partial charge in [0.25, 0.3) is 0 Å². The van der Waals surface area contributed by atoms with E-state index in [9.17, 15) is 0 Å². The summed E-state index contributed by atoms with van der Waals surface area (Å²) in [5, 5.41) is 6.88. The summed E-state index contributed by atoms with van der Waals surface area (Å²) in [5.41, 5.74) is 0.310. The summed E-state index contributed by atoms with van der Waals surface area (Å²) < 4.78 is 5.82. The van der Waals surface area contributed by atoms with E-state index >= 15 is 0 Å². The van der Waals surface area contributed by atoms with Crippen LogP contribution >= 0.6 is 12.4 Å². The Kier molecular flexibility index (Phi) is 4.84. The van der Waals surface area contributed by atoms with Crippen molar-refractivity contribution in [3.05, 3.63) is 0 Å². The molecule has 4 heteroatoms.